The number of halogens is 2. The van der Waals surface area contributed by atoms with E-state index in [1.807, 2.05) is 0 Å². The molecule has 0 aromatic heterocycles. The lowest BCUT2D eigenvalue weighted by Gasteiger charge is -2.06. The van der Waals surface area contributed by atoms with Crippen molar-refractivity contribution in [2.75, 3.05) is 0 Å². The second-order valence-corrected chi connectivity index (χ2v) is 6.72. The Bertz CT molecular complexity index is 891. The highest BCUT2D eigenvalue weighted by Crippen LogP contribution is 2.32. The molecule has 0 N–H and O–H groups in total. The fourth-order valence-corrected chi connectivity index (χ4v) is 3.41. The van der Waals surface area contributed by atoms with Crippen molar-refractivity contribution in [3.63, 3.8) is 0 Å². The highest BCUT2D eigenvalue weighted by Gasteiger charge is 2.04. The molecule has 0 nitrogen and oxygen atoms in total. The number of rotatable bonds is 0. The molecule has 0 spiro atoms. The van der Waals surface area contributed by atoms with Crippen LogP contribution in [0, 0.1) is 0 Å². The van der Waals surface area contributed by atoms with Gasteiger partial charge in [-0.15, -0.1) is 0 Å². The predicted octanol–water partition coefficient (Wildman–Crippen LogP) is 6.67. The van der Waals surface area contributed by atoms with Crippen LogP contribution < -0.4 is 0 Å². The molecule has 4 aromatic rings. The third kappa shape index (κ3) is 1.95. The average molecular weight is 386 g/mol. The Morgan fingerprint density at radius 2 is 0.800 bits per heavy atom. The van der Waals surface area contributed by atoms with Gasteiger partial charge in [0.05, 0.1) is 0 Å². The van der Waals surface area contributed by atoms with Crippen molar-refractivity contribution in [1.29, 1.82) is 0 Å². The highest BCUT2D eigenvalue weighted by atomic mass is 79.9. The van der Waals surface area contributed by atoms with Crippen LogP contribution in [0.2, 0.25) is 0 Å². The Morgan fingerprint density at radius 1 is 0.450 bits per heavy atom. The maximum Gasteiger partial charge on any atom is 0.0323 e. The Balaban J connectivity index is 2.15. The zero-order chi connectivity index (χ0) is 13.7. The van der Waals surface area contributed by atoms with Crippen LogP contribution in [0.4, 0.5) is 0 Å². The molecule has 0 amide bonds. The summed E-state index contributed by atoms with van der Waals surface area (Å²) < 4.78 is 2.18. The molecule has 0 bridgehead atoms. The molecule has 4 aromatic carbocycles. The summed E-state index contributed by atoms with van der Waals surface area (Å²) in [5.41, 5.74) is 0. The molecule has 0 radical (unpaired) electrons. The molecule has 0 aliphatic heterocycles. The van der Waals surface area contributed by atoms with E-state index < -0.39 is 0 Å². The lowest BCUT2D eigenvalue weighted by molar-refractivity contribution is 1.66. The van der Waals surface area contributed by atoms with Crippen molar-refractivity contribution in [2.45, 2.75) is 0 Å². The molecule has 0 heterocycles. The molecule has 96 valence electrons. The fraction of sp³-hybridized carbons (Fsp3) is 0. The first-order chi connectivity index (χ1) is 9.70. The van der Waals surface area contributed by atoms with Gasteiger partial charge in [0.25, 0.3) is 0 Å². The second-order valence-electron chi connectivity index (χ2n) is 5.01. The summed E-state index contributed by atoms with van der Waals surface area (Å²) in [6.07, 6.45) is 0. The first kappa shape index (κ1) is 12.4. The van der Waals surface area contributed by atoms with Gasteiger partial charge in [0.2, 0.25) is 0 Å². The second kappa shape index (κ2) is 4.57. The van der Waals surface area contributed by atoms with E-state index in [-0.39, 0.29) is 0 Å². The van der Waals surface area contributed by atoms with Gasteiger partial charge < -0.3 is 0 Å². The van der Waals surface area contributed by atoms with Crippen molar-refractivity contribution in [3.8, 4) is 0 Å². The summed E-state index contributed by atoms with van der Waals surface area (Å²) >= 11 is 7.15. The smallest absolute Gasteiger partial charge is 0.0323 e. The van der Waals surface area contributed by atoms with Crippen molar-refractivity contribution >= 4 is 64.2 Å². The van der Waals surface area contributed by atoms with E-state index in [0.717, 1.165) is 8.95 Å². The van der Waals surface area contributed by atoms with Crippen LogP contribution in [-0.4, -0.2) is 0 Å². The van der Waals surface area contributed by atoms with E-state index in [9.17, 15) is 0 Å². The van der Waals surface area contributed by atoms with Gasteiger partial charge in [-0.2, -0.15) is 0 Å². The van der Waals surface area contributed by atoms with Gasteiger partial charge >= 0.3 is 0 Å². The first-order valence-electron chi connectivity index (χ1n) is 6.42. The van der Waals surface area contributed by atoms with Crippen molar-refractivity contribution < 1.29 is 0 Å². The molecule has 0 fully saturated rings. The third-order valence-corrected chi connectivity index (χ3v) is 5.54. The van der Waals surface area contributed by atoms with Crippen LogP contribution in [0.25, 0.3) is 32.3 Å². The number of hydrogen-bond acceptors (Lipinski definition) is 0. The Kier molecular flexibility index (Phi) is 2.83. The van der Waals surface area contributed by atoms with E-state index in [1.165, 1.54) is 32.3 Å². The molecular weight excluding hydrogens is 376 g/mol. The van der Waals surface area contributed by atoms with E-state index in [4.69, 9.17) is 0 Å². The third-order valence-electron chi connectivity index (χ3n) is 3.70. The van der Waals surface area contributed by atoms with Crippen LogP contribution in [0.1, 0.15) is 0 Å². The minimum absolute atomic E-state index is 1.09. The van der Waals surface area contributed by atoms with E-state index >= 15 is 0 Å². The van der Waals surface area contributed by atoms with Crippen molar-refractivity contribution in [3.05, 3.63) is 69.6 Å². The van der Waals surface area contributed by atoms with Gasteiger partial charge in [0.1, 0.15) is 0 Å². The van der Waals surface area contributed by atoms with Gasteiger partial charge in [-0.1, -0.05) is 24.3 Å². The molecule has 0 atom stereocenters. The minimum Gasteiger partial charge on any atom is -0.0616 e. The molecule has 4 rings (SSSR count). The van der Waals surface area contributed by atoms with Crippen molar-refractivity contribution in [1.82, 2.24) is 0 Å². The predicted molar refractivity (Wildman–Crippen MR) is 94.4 cm³/mol. The van der Waals surface area contributed by atoms with Gasteiger partial charge in [-0.05, 0) is 101 Å². The lowest BCUT2D eigenvalue weighted by Crippen LogP contribution is -1.80. The average Bonchev–Trinajstić information content (AvgIpc) is 2.44. The van der Waals surface area contributed by atoms with Crippen LogP contribution in [0.5, 0.6) is 0 Å². The molecule has 0 aliphatic carbocycles. The zero-order valence-electron chi connectivity index (χ0n) is 10.5. The van der Waals surface area contributed by atoms with Gasteiger partial charge in [0, 0.05) is 8.95 Å². The number of benzene rings is 4. The Labute approximate surface area is 133 Å². The number of fused-ring (bicyclic) bond motifs is 3. The molecule has 2 heteroatoms. The summed E-state index contributed by atoms with van der Waals surface area (Å²) in [5, 5.41) is 7.65. The van der Waals surface area contributed by atoms with Crippen LogP contribution in [-0.2, 0) is 0 Å². The Hall–Kier alpha value is -1.38. The highest BCUT2D eigenvalue weighted by molar-refractivity contribution is 9.13. The quantitative estimate of drug-likeness (QED) is 0.296. The SMILES string of the molecule is Brc1cc2cc3cc4ccccc4cc3cc2cc1Br. The summed E-state index contributed by atoms with van der Waals surface area (Å²) in [7, 11) is 0. The molecular formula is C18H10Br2. The van der Waals surface area contributed by atoms with Crippen LogP contribution in [0.15, 0.2) is 69.6 Å². The maximum absolute atomic E-state index is 3.57. The van der Waals surface area contributed by atoms with Crippen LogP contribution in [0.3, 0.4) is 0 Å². The molecule has 0 aliphatic rings. The van der Waals surface area contributed by atoms with E-state index in [0.29, 0.717) is 0 Å². The topological polar surface area (TPSA) is 0 Å². The first-order valence-corrected chi connectivity index (χ1v) is 8.01. The van der Waals surface area contributed by atoms with Gasteiger partial charge in [0.15, 0.2) is 0 Å². The maximum atomic E-state index is 3.57. The summed E-state index contributed by atoms with van der Waals surface area (Å²) in [6, 6.07) is 21.9. The van der Waals surface area contributed by atoms with Gasteiger partial charge in [-0.25, -0.2) is 0 Å². The molecule has 0 unspecified atom stereocenters. The van der Waals surface area contributed by atoms with Gasteiger partial charge in [-0.3, -0.25) is 0 Å². The largest absolute Gasteiger partial charge is 0.0616 e. The van der Waals surface area contributed by atoms with E-state index in [2.05, 4.69) is 92.5 Å². The fourth-order valence-electron chi connectivity index (χ4n) is 2.69. The van der Waals surface area contributed by atoms with Crippen LogP contribution >= 0.6 is 31.9 Å². The normalized spacial score (nSPS) is 11.5. The molecule has 0 saturated carbocycles. The Morgan fingerprint density at radius 3 is 1.25 bits per heavy atom. The lowest BCUT2D eigenvalue weighted by atomic mass is 10.00. The summed E-state index contributed by atoms with van der Waals surface area (Å²) in [4.78, 5) is 0. The minimum atomic E-state index is 1.09. The zero-order valence-corrected chi connectivity index (χ0v) is 13.7. The molecule has 20 heavy (non-hydrogen) atoms. The monoisotopic (exact) mass is 384 g/mol. The summed E-state index contributed by atoms with van der Waals surface area (Å²) in [6.45, 7) is 0. The standard InChI is InChI=1S/C18H10Br2/c19-17-9-15-7-13-5-11-3-1-2-4-12(11)6-14(13)8-16(15)10-18(17)20/h1-10H. The number of hydrogen-bond donors (Lipinski definition) is 0. The van der Waals surface area contributed by atoms with Crippen molar-refractivity contribution in [2.24, 2.45) is 0 Å². The summed E-state index contributed by atoms with van der Waals surface area (Å²) in [5.74, 6) is 0. The molecule has 0 saturated heterocycles. The van der Waals surface area contributed by atoms with E-state index in [1.54, 1.807) is 0 Å².